The first-order valence-electron chi connectivity index (χ1n) is 4.61. The van der Waals surface area contributed by atoms with Crippen molar-refractivity contribution in [3.63, 3.8) is 0 Å². The molecule has 0 nitrogen and oxygen atoms in total. The van der Waals surface area contributed by atoms with E-state index in [1.807, 2.05) is 20.8 Å². The molecule has 0 heterocycles. The Hall–Kier alpha value is -0.470. The van der Waals surface area contributed by atoms with Gasteiger partial charge in [0, 0.05) is 5.57 Å². The molecule has 0 saturated carbocycles. The first-order chi connectivity index (χ1) is 5.82. The monoisotopic (exact) mass is 192 g/mol. The van der Waals surface area contributed by atoms with Gasteiger partial charge >= 0.3 is 6.18 Å². The van der Waals surface area contributed by atoms with Gasteiger partial charge in [-0.25, -0.2) is 0 Å². The maximum Gasteiger partial charge on any atom is 0.412 e. The first kappa shape index (κ1) is 10.6. The van der Waals surface area contributed by atoms with Crippen LogP contribution in [0.4, 0.5) is 13.2 Å². The lowest BCUT2D eigenvalue weighted by molar-refractivity contribution is -0.0997. The zero-order chi connectivity index (χ0) is 10.2. The third-order valence-corrected chi connectivity index (χ3v) is 2.62. The van der Waals surface area contributed by atoms with Crippen molar-refractivity contribution >= 4 is 0 Å². The Balaban J connectivity index is 2.86. The number of alkyl halides is 3. The number of halogens is 3. The number of hydrogen-bond donors (Lipinski definition) is 0. The third kappa shape index (κ3) is 2.26. The van der Waals surface area contributed by atoms with Crippen LogP contribution >= 0.6 is 0 Å². The molecule has 0 N–H and O–H groups in total. The number of allylic oxidation sites excluding steroid dienone is 2. The average molecular weight is 192 g/mol. The largest absolute Gasteiger partial charge is 0.412 e. The van der Waals surface area contributed by atoms with Crippen molar-refractivity contribution in [2.24, 2.45) is 17.8 Å². The molecule has 0 radical (unpaired) electrons. The molecular weight excluding hydrogens is 177 g/mol. The summed E-state index contributed by atoms with van der Waals surface area (Å²) in [6.45, 7) is 5.54. The van der Waals surface area contributed by atoms with Crippen molar-refractivity contribution in [2.45, 2.75) is 33.4 Å². The van der Waals surface area contributed by atoms with Crippen LogP contribution in [-0.4, -0.2) is 6.18 Å². The smallest absolute Gasteiger partial charge is 0.166 e. The van der Waals surface area contributed by atoms with E-state index in [4.69, 9.17) is 0 Å². The fourth-order valence-electron chi connectivity index (χ4n) is 1.96. The lowest BCUT2D eigenvalue weighted by atomic mass is 9.88. The molecule has 3 heteroatoms. The van der Waals surface area contributed by atoms with Gasteiger partial charge in [0.25, 0.3) is 0 Å². The molecule has 0 aromatic heterocycles. The zero-order valence-corrected chi connectivity index (χ0v) is 8.15. The molecular formula is C10H15F3. The molecule has 1 rings (SSSR count). The van der Waals surface area contributed by atoms with Gasteiger partial charge in [-0.05, 0) is 24.2 Å². The van der Waals surface area contributed by atoms with E-state index in [0.717, 1.165) is 0 Å². The van der Waals surface area contributed by atoms with Gasteiger partial charge in [0.1, 0.15) is 0 Å². The number of rotatable bonds is 1. The molecule has 0 spiro atoms. The van der Waals surface area contributed by atoms with Crippen molar-refractivity contribution in [3.05, 3.63) is 11.6 Å². The molecule has 0 saturated heterocycles. The fourth-order valence-corrected chi connectivity index (χ4v) is 1.96. The Morgan fingerprint density at radius 1 is 1.38 bits per heavy atom. The van der Waals surface area contributed by atoms with Crippen LogP contribution < -0.4 is 0 Å². The van der Waals surface area contributed by atoms with Crippen molar-refractivity contribution < 1.29 is 13.2 Å². The van der Waals surface area contributed by atoms with E-state index in [9.17, 15) is 13.2 Å². The van der Waals surface area contributed by atoms with Crippen molar-refractivity contribution in [2.75, 3.05) is 0 Å². The van der Waals surface area contributed by atoms with Crippen LogP contribution in [0.1, 0.15) is 27.2 Å². The Morgan fingerprint density at radius 3 is 2.23 bits per heavy atom. The second-order valence-electron chi connectivity index (χ2n) is 4.18. The highest BCUT2D eigenvalue weighted by atomic mass is 19.4. The van der Waals surface area contributed by atoms with Crippen molar-refractivity contribution in [3.8, 4) is 0 Å². The molecule has 1 aliphatic rings. The fraction of sp³-hybridized carbons (Fsp3) is 0.800. The van der Waals surface area contributed by atoms with Crippen LogP contribution in [0.3, 0.4) is 0 Å². The Kier molecular flexibility index (Phi) is 2.74. The standard InChI is InChI=1S/C10H15F3/c1-6(2)8-4-7(3)5-9(8)10(11,12)13/h5-8H,4H2,1-3H3/t7-,8?/m0/s1. The van der Waals surface area contributed by atoms with Gasteiger partial charge in [0.15, 0.2) is 0 Å². The van der Waals surface area contributed by atoms with Gasteiger partial charge in [-0.1, -0.05) is 26.8 Å². The Labute approximate surface area is 76.8 Å². The van der Waals surface area contributed by atoms with Gasteiger partial charge < -0.3 is 0 Å². The molecule has 0 bridgehead atoms. The quantitative estimate of drug-likeness (QED) is 0.554. The summed E-state index contributed by atoms with van der Waals surface area (Å²) in [6.07, 6.45) is -2.10. The summed E-state index contributed by atoms with van der Waals surface area (Å²) in [5, 5.41) is 0. The molecule has 2 atom stereocenters. The molecule has 76 valence electrons. The van der Waals surface area contributed by atoms with Crippen LogP contribution in [0.25, 0.3) is 0 Å². The highest BCUT2D eigenvalue weighted by Gasteiger charge is 2.42. The Morgan fingerprint density at radius 2 is 1.92 bits per heavy atom. The van der Waals surface area contributed by atoms with E-state index >= 15 is 0 Å². The summed E-state index contributed by atoms with van der Waals surface area (Å²) in [5.74, 6) is -0.142. The molecule has 1 unspecified atom stereocenters. The molecule has 1 aliphatic carbocycles. The first-order valence-corrected chi connectivity index (χ1v) is 4.61. The van der Waals surface area contributed by atoms with Crippen molar-refractivity contribution in [1.29, 1.82) is 0 Å². The van der Waals surface area contributed by atoms with Crippen LogP contribution in [-0.2, 0) is 0 Å². The minimum atomic E-state index is -4.13. The normalized spacial score (nSPS) is 29.6. The van der Waals surface area contributed by atoms with E-state index in [1.165, 1.54) is 6.08 Å². The lowest BCUT2D eigenvalue weighted by Gasteiger charge is -2.20. The molecule has 0 fully saturated rings. The summed E-state index contributed by atoms with van der Waals surface area (Å²) >= 11 is 0. The van der Waals surface area contributed by atoms with E-state index in [2.05, 4.69) is 0 Å². The molecule has 0 aromatic rings. The van der Waals surface area contributed by atoms with Gasteiger partial charge in [0.05, 0.1) is 0 Å². The minimum Gasteiger partial charge on any atom is -0.166 e. The van der Waals surface area contributed by atoms with Crippen molar-refractivity contribution in [1.82, 2.24) is 0 Å². The average Bonchev–Trinajstić information content (AvgIpc) is 2.29. The summed E-state index contributed by atoms with van der Waals surface area (Å²) < 4.78 is 37.4. The van der Waals surface area contributed by atoms with E-state index in [0.29, 0.717) is 6.42 Å². The summed E-state index contributed by atoms with van der Waals surface area (Å²) in [7, 11) is 0. The van der Waals surface area contributed by atoms with Crippen LogP contribution in [0.15, 0.2) is 11.6 Å². The SMILES string of the molecule is CC(C)C1C[C@H](C)C=C1C(F)(F)F. The van der Waals surface area contributed by atoms with Gasteiger partial charge in [-0.2, -0.15) is 13.2 Å². The van der Waals surface area contributed by atoms with Gasteiger partial charge in [0.2, 0.25) is 0 Å². The van der Waals surface area contributed by atoms with Crippen LogP contribution in [0.2, 0.25) is 0 Å². The predicted octanol–water partition coefficient (Wildman–Crippen LogP) is 3.79. The number of hydrogen-bond acceptors (Lipinski definition) is 0. The van der Waals surface area contributed by atoms with E-state index in [-0.39, 0.29) is 23.3 Å². The highest BCUT2D eigenvalue weighted by Crippen LogP contribution is 2.43. The summed E-state index contributed by atoms with van der Waals surface area (Å²) in [5.41, 5.74) is -0.310. The van der Waals surface area contributed by atoms with Crippen LogP contribution in [0.5, 0.6) is 0 Å². The molecule has 0 aromatic carbocycles. The summed E-state index contributed by atoms with van der Waals surface area (Å²) in [6, 6.07) is 0. The molecule has 0 aliphatic heterocycles. The van der Waals surface area contributed by atoms with Crippen LogP contribution in [0, 0.1) is 17.8 Å². The van der Waals surface area contributed by atoms with E-state index in [1.54, 1.807) is 0 Å². The topological polar surface area (TPSA) is 0 Å². The second kappa shape index (κ2) is 3.35. The zero-order valence-electron chi connectivity index (χ0n) is 8.15. The molecule has 0 amide bonds. The maximum absolute atomic E-state index is 12.5. The predicted molar refractivity (Wildman–Crippen MR) is 46.2 cm³/mol. The Bertz CT molecular complexity index is 213. The highest BCUT2D eigenvalue weighted by molar-refractivity contribution is 5.20. The minimum absolute atomic E-state index is 0.0732. The van der Waals surface area contributed by atoms with Gasteiger partial charge in [-0.3, -0.25) is 0 Å². The van der Waals surface area contributed by atoms with Gasteiger partial charge in [-0.15, -0.1) is 0 Å². The third-order valence-electron chi connectivity index (χ3n) is 2.62. The lowest BCUT2D eigenvalue weighted by Crippen LogP contribution is -2.20. The maximum atomic E-state index is 12.5. The molecule has 13 heavy (non-hydrogen) atoms. The van der Waals surface area contributed by atoms with E-state index < -0.39 is 6.18 Å². The summed E-state index contributed by atoms with van der Waals surface area (Å²) in [4.78, 5) is 0. The second-order valence-corrected chi connectivity index (χ2v) is 4.18.